The molecule has 1 rings (SSSR count). The topological polar surface area (TPSA) is 55.4 Å². The van der Waals surface area contributed by atoms with Gasteiger partial charge in [0.1, 0.15) is 12.4 Å². The zero-order valence-corrected chi connectivity index (χ0v) is 16.4. The van der Waals surface area contributed by atoms with Gasteiger partial charge in [0.05, 0.1) is 14.7 Å². The van der Waals surface area contributed by atoms with E-state index in [1.807, 2.05) is 12.1 Å². The molecule has 0 atom stereocenters. The molecule has 0 aliphatic rings. The lowest BCUT2D eigenvalue weighted by molar-refractivity contribution is 0.336. The maximum Gasteiger partial charge on any atom is 0.150 e. The van der Waals surface area contributed by atoms with Crippen LogP contribution in [0.4, 0.5) is 0 Å². The minimum Gasteiger partial charge on any atom is -0.490 e. The summed E-state index contributed by atoms with van der Waals surface area (Å²) in [6.07, 6.45) is 1.20. The molecule has 120 valence electrons. The fourth-order valence-electron chi connectivity index (χ4n) is 1.65. The molecule has 0 saturated heterocycles. The van der Waals surface area contributed by atoms with Crippen molar-refractivity contribution in [3.05, 3.63) is 26.6 Å². The van der Waals surface area contributed by atoms with Gasteiger partial charge in [-0.3, -0.25) is 0 Å². The van der Waals surface area contributed by atoms with Gasteiger partial charge in [-0.2, -0.15) is 0 Å². The Hall–Kier alpha value is -0.110. The molecular formula is C14H21Br2NO3S. The van der Waals surface area contributed by atoms with Crippen LogP contribution in [0, 0.1) is 5.92 Å². The quantitative estimate of drug-likeness (QED) is 0.670. The van der Waals surface area contributed by atoms with Crippen LogP contribution in [0.1, 0.15) is 19.4 Å². The van der Waals surface area contributed by atoms with Crippen LogP contribution in [0.15, 0.2) is 21.1 Å². The molecule has 0 bridgehead atoms. The first-order valence-electron chi connectivity index (χ1n) is 6.68. The second-order valence-electron chi connectivity index (χ2n) is 5.39. The van der Waals surface area contributed by atoms with Gasteiger partial charge in [-0.15, -0.1) is 0 Å². The normalized spacial score (nSPS) is 11.9. The third-order valence-corrected chi connectivity index (χ3v) is 4.73. The molecule has 0 unspecified atom stereocenters. The summed E-state index contributed by atoms with van der Waals surface area (Å²) in [5.41, 5.74) is 1.13. The predicted octanol–water partition coefficient (Wildman–Crippen LogP) is 3.38. The smallest absolute Gasteiger partial charge is 0.150 e. The first-order valence-corrected chi connectivity index (χ1v) is 10.3. The number of hydrogen-bond donors (Lipinski definition) is 1. The summed E-state index contributed by atoms with van der Waals surface area (Å²) in [6.45, 7) is 6.21. The summed E-state index contributed by atoms with van der Waals surface area (Å²) in [5, 5.41) is 3.38. The van der Waals surface area contributed by atoms with E-state index in [1.165, 1.54) is 6.26 Å². The van der Waals surface area contributed by atoms with Crippen molar-refractivity contribution < 1.29 is 13.2 Å². The van der Waals surface area contributed by atoms with Gasteiger partial charge >= 0.3 is 0 Å². The van der Waals surface area contributed by atoms with Crippen molar-refractivity contribution in [3.8, 4) is 5.75 Å². The Morgan fingerprint density at radius 3 is 2.29 bits per heavy atom. The zero-order valence-electron chi connectivity index (χ0n) is 12.4. The molecule has 1 aromatic carbocycles. The second-order valence-corrected chi connectivity index (χ2v) is 9.36. The van der Waals surface area contributed by atoms with Crippen LogP contribution >= 0.6 is 31.9 Å². The first-order chi connectivity index (χ1) is 9.69. The van der Waals surface area contributed by atoms with E-state index < -0.39 is 9.84 Å². The largest absolute Gasteiger partial charge is 0.490 e. The van der Waals surface area contributed by atoms with E-state index in [2.05, 4.69) is 51.0 Å². The van der Waals surface area contributed by atoms with Gasteiger partial charge in [-0.25, -0.2) is 8.42 Å². The van der Waals surface area contributed by atoms with E-state index in [-0.39, 0.29) is 12.4 Å². The van der Waals surface area contributed by atoms with E-state index in [9.17, 15) is 8.42 Å². The average molecular weight is 443 g/mol. The minimum atomic E-state index is -3.01. The Morgan fingerprint density at radius 2 is 1.81 bits per heavy atom. The molecular weight excluding hydrogens is 422 g/mol. The van der Waals surface area contributed by atoms with Gasteiger partial charge < -0.3 is 10.1 Å². The average Bonchev–Trinajstić information content (AvgIpc) is 2.31. The second kappa shape index (κ2) is 8.50. The van der Waals surface area contributed by atoms with Crippen molar-refractivity contribution in [2.75, 3.05) is 25.2 Å². The third kappa shape index (κ3) is 7.63. The first kappa shape index (κ1) is 18.9. The SMILES string of the molecule is CC(C)CNCc1cc(Br)c(OCCS(C)(=O)=O)c(Br)c1. The molecule has 0 aliphatic carbocycles. The van der Waals surface area contributed by atoms with Crippen LogP contribution in [0.25, 0.3) is 0 Å². The Labute approximate surface area is 143 Å². The molecule has 7 heteroatoms. The Morgan fingerprint density at radius 1 is 1.24 bits per heavy atom. The lowest BCUT2D eigenvalue weighted by Gasteiger charge is -2.13. The van der Waals surface area contributed by atoms with Crippen LogP contribution in [-0.2, 0) is 16.4 Å². The molecule has 0 radical (unpaired) electrons. The Kier molecular flexibility index (Phi) is 7.67. The van der Waals surface area contributed by atoms with Gasteiger partial charge in [0.2, 0.25) is 0 Å². The van der Waals surface area contributed by atoms with Crippen LogP contribution < -0.4 is 10.1 Å². The highest BCUT2D eigenvalue weighted by Crippen LogP contribution is 2.34. The molecule has 0 spiro atoms. The van der Waals surface area contributed by atoms with E-state index in [0.29, 0.717) is 11.7 Å². The fourth-order valence-corrected chi connectivity index (χ4v) is 3.55. The molecule has 0 aliphatic heterocycles. The molecule has 0 saturated carbocycles. The van der Waals surface area contributed by atoms with E-state index in [1.54, 1.807) is 0 Å². The van der Waals surface area contributed by atoms with E-state index in [0.717, 1.165) is 27.6 Å². The van der Waals surface area contributed by atoms with Crippen molar-refractivity contribution in [1.29, 1.82) is 0 Å². The van der Waals surface area contributed by atoms with E-state index >= 15 is 0 Å². The Balaban J connectivity index is 2.67. The highest BCUT2D eigenvalue weighted by atomic mass is 79.9. The molecule has 4 nitrogen and oxygen atoms in total. The number of hydrogen-bond acceptors (Lipinski definition) is 4. The molecule has 1 N–H and O–H groups in total. The van der Waals surface area contributed by atoms with Crippen LogP contribution in [0.5, 0.6) is 5.75 Å². The maximum atomic E-state index is 11.1. The summed E-state index contributed by atoms with van der Waals surface area (Å²) in [4.78, 5) is 0. The monoisotopic (exact) mass is 441 g/mol. The highest BCUT2D eigenvalue weighted by Gasteiger charge is 2.11. The molecule has 0 fully saturated rings. The van der Waals surface area contributed by atoms with Crippen molar-refractivity contribution in [2.45, 2.75) is 20.4 Å². The minimum absolute atomic E-state index is 0.00355. The maximum absolute atomic E-state index is 11.1. The number of ether oxygens (including phenoxy) is 1. The molecule has 1 aromatic rings. The third-order valence-electron chi connectivity index (χ3n) is 2.64. The standard InChI is InChI=1S/C14H21Br2NO3S/c1-10(2)8-17-9-11-6-12(15)14(13(16)7-11)20-4-5-21(3,18)19/h6-7,10,17H,4-5,8-9H2,1-3H3. The summed E-state index contributed by atoms with van der Waals surface area (Å²) in [7, 11) is -3.01. The van der Waals surface area contributed by atoms with Crippen molar-refractivity contribution in [2.24, 2.45) is 5.92 Å². The fraction of sp³-hybridized carbons (Fsp3) is 0.571. The number of nitrogens with one attached hydrogen (secondary N) is 1. The van der Waals surface area contributed by atoms with Gasteiger partial charge in [0.25, 0.3) is 0 Å². The van der Waals surface area contributed by atoms with Crippen molar-refractivity contribution in [1.82, 2.24) is 5.32 Å². The number of halogens is 2. The predicted molar refractivity (Wildman–Crippen MR) is 93.6 cm³/mol. The van der Waals surface area contributed by atoms with E-state index in [4.69, 9.17) is 4.74 Å². The van der Waals surface area contributed by atoms with Gasteiger partial charge in [-0.05, 0) is 62.0 Å². The molecule has 21 heavy (non-hydrogen) atoms. The van der Waals surface area contributed by atoms with Gasteiger partial charge in [-0.1, -0.05) is 13.8 Å². The molecule has 0 heterocycles. The summed E-state index contributed by atoms with van der Waals surface area (Å²) in [6, 6.07) is 3.96. The van der Waals surface area contributed by atoms with Gasteiger partial charge in [0, 0.05) is 12.8 Å². The summed E-state index contributed by atoms with van der Waals surface area (Å²) in [5.74, 6) is 1.24. The molecule has 0 amide bonds. The van der Waals surface area contributed by atoms with Crippen LogP contribution in [-0.4, -0.2) is 33.6 Å². The Bertz CT molecular complexity index is 551. The zero-order chi connectivity index (χ0) is 16.0. The number of rotatable bonds is 8. The summed E-state index contributed by atoms with van der Waals surface area (Å²) >= 11 is 6.93. The van der Waals surface area contributed by atoms with Crippen LogP contribution in [0.3, 0.4) is 0 Å². The number of sulfone groups is 1. The summed E-state index contributed by atoms with van der Waals surface area (Å²) < 4.78 is 29.4. The van der Waals surface area contributed by atoms with Crippen LogP contribution in [0.2, 0.25) is 0 Å². The highest BCUT2D eigenvalue weighted by molar-refractivity contribution is 9.11. The lowest BCUT2D eigenvalue weighted by atomic mass is 10.2. The van der Waals surface area contributed by atoms with Crippen molar-refractivity contribution >= 4 is 41.7 Å². The lowest BCUT2D eigenvalue weighted by Crippen LogP contribution is -2.19. The van der Waals surface area contributed by atoms with Gasteiger partial charge in [0.15, 0.2) is 9.84 Å². The number of benzene rings is 1. The molecule has 0 aromatic heterocycles. The van der Waals surface area contributed by atoms with Crippen molar-refractivity contribution in [3.63, 3.8) is 0 Å².